The maximum absolute atomic E-state index is 12.3. The number of nitrogens with zero attached hydrogens (tertiary/aromatic N) is 1. The van der Waals surface area contributed by atoms with E-state index in [0.717, 1.165) is 41.4 Å². The van der Waals surface area contributed by atoms with E-state index in [0.29, 0.717) is 6.61 Å². The van der Waals surface area contributed by atoms with Crippen molar-refractivity contribution >= 4 is 23.3 Å². The Bertz CT molecular complexity index is 762. The van der Waals surface area contributed by atoms with E-state index in [4.69, 9.17) is 16.3 Å². The van der Waals surface area contributed by atoms with Crippen LogP contribution in [0.15, 0.2) is 42.5 Å². The lowest BCUT2D eigenvalue weighted by atomic mass is 10.1. The van der Waals surface area contributed by atoms with E-state index < -0.39 is 0 Å². The third-order valence-electron chi connectivity index (χ3n) is 4.41. The van der Waals surface area contributed by atoms with Crippen LogP contribution in [-0.4, -0.2) is 38.2 Å². The van der Waals surface area contributed by atoms with Gasteiger partial charge in [0.1, 0.15) is 12.4 Å². The van der Waals surface area contributed by atoms with Crippen LogP contribution >= 0.6 is 11.6 Å². The first-order valence-corrected chi connectivity index (χ1v) is 9.12. The summed E-state index contributed by atoms with van der Waals surface area (Å²) in [4.78, 5) is 14.4. The maximum atomic E-state index is 12.3. The molecule has 0 aliphatic heterocycles. The van der Waals surface area contributed by atoms with Crippen LogP contribution in [0.1, 0.15) is 23.6 Å². The first kappa shape index (κ1) is 18.5. The monoisotopic (exact) mass is 373 g/mol. The number of carbonyl (C=O) groups is 1. The molecule has 1 unspecified atom stereocenters. The first-order valence-electron chi connectivity index (χ1n) is 8.75. The number of likely N-dealkylation sites (N-methyl/N-ethyl adjacent to an activating group) is 1. The van der Waals surface area contributed by atoms with Crippen molar-refractivity contribution in [3.05, 3.63) is 58.6 Å². The Kier molecular flexibility index (Phi) is 6.01. The highest BCUT2D eigenvalue weighted by Gasteiger charge is 2.24. The molecule has 138 valence electrons. The van der Waals surface area contributed by atoms with Crippen LogP contribution in [-0.2, 0) is 6.42 Å². The molecule has 0 saturated carbocycles. The van der Waals surface area contributed by atoms with Crippen LogP contribution < -0.4 is 15.4 Å². The van der Waals surface area contributed by atoms with Crippen LogP contribution in [0.5, 0.6) is 5.75 Å². The molecule has 0 fully saturated rings. The molecule has 0 spiro atoms. The average molecular weight is 374 g/mol. The van der Waals surface area contributed by atoms with Crippen molar-refractivity contribution in [1.29, 1.82) is 0 Å². The van der Waals surface area contributed by atoms with Gasteiger partial charge in [-0.15, -0.1) is 0 Å². The van der Waals surface area contributed by atoms with E-state index in [1.807, 2.05) is 56.6 Å². The van der Waals surface area contributed by atoms with Gasteiger partial charge >= 0.3 is 6.03 Å². The Morgan fingerprint density at radius 2 is 2.00 bits per heavy atom. The first-order chi connectivity index (χ1) is 12.5. The molecule has 0 aromatic heterocycles. The Morgan fingerprint density at radius 3 is 2.73 bits per heavy atom. The highest BCUT2D eigenvalue weighted by Crippen LogP contribution is 2.32. The van der Waals surface area contributed by atoms with Crippen molar-refractivity contribution in [1.82, 2.24) is 10.2 Å². The lowest BCUT2D eigenvalue weighted by Crippen LogP contribution is -2.31. The molecule has 5 nitrogen and oxygen atoms in total. The Balaban J connectivity index is 1.51. The summed E-state index contributed by atoms with van der Waals surface area (Å²) in [6.45, 7) is 1.49. The number of rotatable bonds is 6. The Labute approximate surface area is 159 Å². The van der Waals surface area contributed by atoms with Crippen molar-refractivity contribution in [2.45, 2.75) is 18.9 Å². The normalized spacial score (nSPS) is 15.6. The van der Waals surface area contributed by atoms with Gasteiger partial charge in [-0.25, -0.2) is 4.79 Å². The molecule has 0 heterocycles. The minimum atomic E-state index is -0.209. The highest BCUT2D eigenvalue weighted by atomic mass is 35.5. The number of carbonyl (C=O) groups excluding carboxylic acids is 1. The lowest BCUT2D eigenvalue weighted by molar-refractivity contribution is 0.248. The van der Waals surface area contributed by atoms with Gasteiger partial charge in [0.15, 0.2) is 0 Å². The van der Waals surface area contributed by atoms with Crippen LogP contribution in [0.4, 0.5) is 10.5 Å². The molecular formula is C20H24ClN3O2. The predicted octanol–water partition coefficient (Wildman–Crippen LogP) is 4.09. The number of nitrogens with one attached hydrogen (secondary N) is 2. The quantitative estimate of drug-likeness (QED) is 0.801. The number of amides is 2. The molecule has 2 amide bonds. The number of urea groups is 1. The van der Waals surface area contributed by atoms with E-state index in [2.05, 4.69) is 15.5 Å². The number of fused-ring (bicyclic) bond motifs is 1. The molecule has 2 aromatic rings. The zero-order chi connectivity index (χ0) is 18.5. The zero-order valence-electron chi connectivity index (χ0n) is 15.1. The largest absolute Gasteiger partial charge is 0.492 e. The van der Waals surface area contributed by atoms with Gasteiger partial charge < -0.3 is 20.3 Å². The zero-order valence-corrected chi connectivity index (χ0v) is 15.8. The van der Waals surface area contributed by atoms with Gasteiger partial charge in [0.05, 0.1) is 6.04 Å². The summed E-state index contributed by atoms with van der Waals surface area (Å²) in [6.07, 6.45) is 1.82. The van der Waals surface area contributed by atoms with E-state index in [9.17, 15) is 4.79 Å². The van der Waals surface area contributed by atoms with E-state index in [1.165, 1.54) is 5.56 Å². The van der Waals surface area contributed by atoms with Crippen molar-refractivity contribution in [2.24, 2.45) is 0 Å². The highest BCUT2D eigenvalue weighted by molar-refractivity contribution is 6.30. The van der Waals surface area contributed by atoms with Crippen LogP contribution in [0.2, 0.25) is 5.02 Å². The number of halogens is 1. The van der Waals surface area contributed by atoms with Gasteiger partial charge in [0.25, 0.3) is 0 Å². The second-order valence-corrected chi connectivity index (χ2v) is 7.15. The van der Waals surface area contributed by atoms with Crippen molar-refractivity contribution in [3.8, 4) is 5.75 Å². The number of ether oxygens (including phenoxy) is 1. The van der Waals surface area contributed by atoms with Gasteiger partial charge in [0, 0.05) is 17.3 Å². The molecule has 3 rings (SSSR count). The SMILES string of the molecule is CN(C)CCOc1ccc(NC(=O)NC2CCc3cc(Cl)ccc32)cc1. The molecule has 0 bridgehead atoms. The second kappa shape index (κ2) is 8.43. The average Bonchev–Trinajstić information content (AvgIpc) is 2.98. The third kappa shape index (κ3) is 4.90. The van der Waals surface area contributed by atoms with Gasteiger partial charge in [-0.1, -0.05) is 17.7 Å². The van der Waals surface area contributed by atoms with E-state index in [-0.39, 0.29) is 12.1 Å². The smallest absolute Gasteiger partial charge is 0.319 e. The number of anilines is 1. The number of hydrogen-bond donors (Lipinski definition) is 2. The third-order valence-corrected chi connectivity index (χ3v) is 4.64. The fraction of sp³-hybridized carbons (Fsp3) is 0.350. The topological polar surface area (TPSA) is 53.6 Å². The van der Waals surface area contributed by atoms with Crippen LogP contribution in [0.3, 0.4) is 0 Å². The number of aryl methyl sites for hydroxylation is 1. The summed E-state index contributed by atoms with van der Waals surface area (Å²) >= 11 is 6.03. The molecule has 26 heavy (non-hydrogen) atoms. The Hall–Kier alpha value is -2.24. The summed E-state index contributed by atoms with van der Waals surface area (Å²) in [5, 5.41) is 6.64. The molecule has 2 N–H and O–H groups in total. The van der Waals surface area contributed by atoms with Crippen LogP contribution in [0, 0.1) is 0 Å². The lowest BCUT2D eigenvalue weighted by Gasteiger charge is -2.15. The van der Waals surface area contributed by atoms with Crippen molar-refractivity contribution in [3.63, 3.8) is 0 Å². The van der Waals surface area contributed by atoms with Gasteiger partial charge in [-0.2, -0.15) is 0 Å². The van der Waals surface area contributed by atoms with Crippen LogP contribution in [0.25, 0.3) is 0 Å². The molecule has 1 aliphatic carbocycles. The van der Waals surface area contributed by atoms with Crippen molar-refractivity contribution in [2.75, 3.05) is 32.6 Å². The minimum absolute atomic E-state index is 0.0240. The second-order valence-electron chi connectivity index (χ2n) is 6.71. The van der Waals surface area contributed by atoms with Gasteiger partial charge in [-0.05, 0) is 74.5 Å². The maximum Gasteiger partial charge on any atom is 0.319 e. The minimum Gasteiger partial charge on any atom is -0.492 e. The summed E-state index contributed by atoms with van der Waals surface area (Å²) < 4.78 is 5.65. The standard InChI is InChI=1S/C20H24ClN3O2/c1-24(2)11-12-26-17-7-5-16(6-8-17)22-20(25)23-19-10-3-14-13-15(21)4-9-18(14)19/h4-9,13,19H,3,10-12H2,1-2H3,(H2,22,23,25). The molecule has 1 atom stereocenters. The predicted molar refractivity (Wildman–Crippen MR) is 105 cm³/mol. The molecule has 0 saturated heterocycles. The Morgan fingerprint density at radius 1 is 1.23 bits per heavy atom. The molecule has 0 radical (unpaired) electrons. The molecular weight excluding hydrogens is 350 g/mol. The molecule has 6 heteroatoms. The molecule has 2 aromatic carbocycles. The summed E-state index contributed by atoms with van der Waals surface area (Å²) in [7, 11) is 4.01. The fourth-order valence-electron chi connectivity index (χ4n) is 3.04. The van der Waals surface area contributed by atoms with E-state index in [1.54, 1.807) is 0 Å². The number of benzene rings is 2. The van der Waals surface area contributed by atoms with Gasteiger partial charge in [-0.3, -0.25) is 0 Å². The molecule has 1 aliphatic rings. The van der Waals surface area contributed by atoms with Crippen molar-refractivity contribution < 1.29 is 9.53 Å². The van der Waals surface area contributed by atoms with Gasteiger partial charge in [0.2, 0.25) is 0 Å². The summed E-state index contributed by atoms with van der Waals surface area (Å²) in [5.41, 5.74) is 3.09. The summed E-state index contributed by atoms with van der Waals surface area (Å²) in [6, 6.07) is 13.1. The fourth-order valence-corrected chi connectivity index (χ4v) is 3.24. The number of hydrogen-bond acceptors (Lipinski definition) is 3. The summed E-state index contributed by atoms with van der Waals surface area (Å²) in [5.74, 6) is 0.791. The van der Waals surface area contributed by atoms with E-state index >= 15 is 0 Å².